The monoisotopic (exact) mass is 233 g/mol. The molecule has 0 saturated carbocycles. The first kappa shape index (κ1) is 13.0. The van der Waals surface area contributed by atoms with Crippen molar-refractivity contribution in [3.05, 3.63) is 34.9 Å². The highest BCUT2D eigenvalue weighted by Gasteiger charge is 2.36. The Kier molecular flexibility index (Phi) is 3.60. The second kappa shape index (κ2) is 4.43. The second-order valence-electron chi connectivity index (χ2n) is 3.84. The molecule has 1 aromatic rings. The molecule has 0 fully saturated rings. The molecule has 0 radical (unpaired) electrons. The summed E-state index contributed by atoms with van der Waals surface area (Å²) >= 11 is 0. The average Bonchev–Trinajstić information content (AvgIpc) is 2.14. The lowest BCUT2D eigenvalue weighted by Gasteiger charge is -2.22. The molecule has 5 heteroatoms. The van der Waals surface area contributed by atoms with Crippen molar-refractivity contribution in [3.63, 3.8) is 0 Å². The van der Waals surface area contributed by atoms with Crippen LogP contribution in [-0.4, -0.2) is 11.1 Å². The van der Waals surface area contributed by atoms with Crippen LogP contribution >= 0.6 is 0 Å². The third-order valence-corrected chi connectivity index (χ3v) is 2.42. The van der Waals surface area contributed by atoms with Gasteiger partial charge in [-0.25, -0.2) is 0 Å². The zero-order valence-corrected chi connectivity index (χ0v) is 9.05. The number of halogens is 3. The van der Waals surface area contributed by atoms with E-state index < -0.39 is 23.9 Å². The van der Waals surface area contributed by atoms with Gasteiger partial charge in [0.25, 0.3) is 0 Å². The summed E-state index contributed by atoms with van der Waals surface area (Å²) < 4.78 is 38.1. The normalized spacial score (nSPS) is 15.9. The molecule has 0 unspecified atom stereocenters. The summed E-state index contributed by atoms with van der Waals surface area (Å²) in [5.74, 6) is 0. The van der Waals surface area contributed by atoms with E-state index >= 15 is 0 Å². The molecule has 0 spiro atoms. The van der Waals surface area contributed by atoms with Crippen LogP contribution < -0.4 is 5.73 Å². The van der Waals surface area contributed by atoms with Crippen molar-refractivity contribution in [1.29, 1.82) is 0 Å². The Morgan fingerprint density at radius 1 is 1.31 bits per heavy atom. The van der Waals surface area contributed by atoms with Gasteiger partial charge >= 0.3 is 6.18 Å². The summed E-state index contributed by atoms with van der Waals surface area (Å²) in [4.78, 5) is 0. The first-order valence-corrected chi connectivity index (χ1v) is 4.85. The summed E-state index contributed by atoms with van der Waals surface area (Å²) in [7, 11) is 0. The highest BCUT2D eigenvalue weighted by Crippen LogP contribution is 2.36. The van der Waals surface area contributed by atoms with Crippen molar-refractivity contribution >= 4 is 0 Å². The number of benzene rings is 1. The lowest BCUT2D eigenvalue weighted by Crippen LogP contribution is -2.27. The number of hydrogen-bond donors (Lipinski definition) is 2. The molecule has 2 atom stereocenters. The van der Waals surface area contributed by atoms with E-state index in [2.05, 4.69) is 0 Å². The first-order chi connectivity index (χ1) is 7.25. The van der Waals surface area contributed by atoms with Gasteiger partial charge in [-0.3, -0.25) is 0 Å². The number of alkyl halides is 3. The van der Waals surface area contributed by atoms with Crippen molar-refractivity contribution in [2.24, 2.45) is 5.73 Å². The highest BCUT2D eigenvalue weighted by atomic mass is 19.4. The largest absolute Gasteiger partial charge is 0.416 e. The topological polar surface area (TPSA) is 46.2 Å². The number of aryl methyl sites for hydroxylation is 1. The van der Waals surface area contributed by atoms with E-state index in [0.717, 1.165) is 6.07 Å². The molecule has 0 aliphatic heterocycles. The van der Waals surface area contributed by atoms with Crippen LogP contribution in [0.2, 0.25) is 0 Å². The molecule has 1 rings (SSSR count). The minimum absolute atomic E-state index is 0.134. The standard InChI is InChI=1S/C11H14F3NO/c1-6-4-3-5-8(11(12,13)14)9(6)10(16)7(2)15/h3-5,7,10,16H,15H2,1-2H3/t7-,10-/m1/s1. The van der Waals surface area contributed by atoms with Crippen LogP contribution in [0.15, 0.2) is 18.2 Å². The molecule has 0 bridgehead atoms. The summed E-state index contributed by atoms with van der Waals surface area (Å²) in [5, 5.41) is 9.70. The van der Waals surface area contributed by atoms with Crippen LogP contribution in [0.5, 0.6) is 0 Å². The minimum atomic E-state index is -4.47. The smallest absolute Gasteiger partial charge is 0.387 e. The first-order valence-electron chi connectivity index (χ1n) is 4.85. The fraction of sp³-hybridized carbons (Fsp3) is 0.455. The van der Waals surface area contributed by atoms with Crippen LogP contribution in [0.1, 0.15) is 29.7 Å². The number of nitrogens with two attached hydrogens (primary N) is 1. The lowest BCUT2D eigenvalue weighted by atomic mass is 9.93. The highest BCUT2D eigenvalue weighted by molar-refractivity contribution is 5.38. The lowest BCUT2D eigenvalue weighted by molar-refractivity contribution is -0.139. The molecule has 1 aromatic carbocycles. The van der Waals surface area contributed by atoms with Crippen LogP contribution in [-0.2, 0) is 6.18 Å². The number of hydrogen-bond acceptors (Lipinski definition) is 2. The van der Waals surface area contributed by atoms with Crippen LogP contribution in [0.25, 0.3) is 0 Å². The van der Waals surface area contributed by atoms with Crippen LogP contribution in [0.4, 0.5) is 13.2 Å². The van der Waals surface area contributed by atoms with Crippen molar-refractivity contribution in [2.45, 2.75) is 32.2 Å². The molecule has 0 saturated heterocycles. The quantitative estimate of drug-likeness (QED) is 0.823. The third-order valence-electron chi connectivity index (χ3n) is 2.42. The summed E-state index contributed by atoms with van der Waals surface area (Å²) in [6.45, 7) is 2.99. The van der Waals surface area contributed by atoms with E-state index in [4.69, 9.17) is 5.73 Å². The molecular formula is C11H14F3NO. The Hall–Kier alpha value is -1.07. The Morgan fingerprint density at radius 2 is 1.88 bits per heavy atom. The number of aliphatic hydroxyl groups is 1. The van der Waals surface area contributed by atoms with Gasteiger partial charge in [0.05, 0.1) is 11.7 Å². The van der Waals surface area contributed by atoms with E-state index in [1.165, 1.54) is 26.0 Å². The molecule has 0 heterocycles. The van der Waals surface area contributed by atoms with Gasteiger partial charge in [-0.2, -0.15) is 13.2 Å². The molecule has 0 aliphatic carbocycles. The van der Waals surface area contributed by atoms with Crippen molar-refractivity contribution in [1.82, 2.24) is 0 Å². The number of aliphatic hydroxyl groups excluding tert-OH is 1. The van der Waals surface area contributed by atoms with Gasteiger partial charge in [-0.05, 0) is 31.0 Å². The van der Waals surface area contributed by atoms with Crippen molar-refractivity contribution < 1.29 is 18.3 Å². The summed E-state index contributed by atoms with van der Waals surface area (Å²) in [6, 6.07) is 3.04. The van der Waals surface area contributed by atoms with Gasteiger partial charge in [0.15, 0.2) is 0 Å². The molecule has 0 aliphatic rings. The van der Waals surface area contributed by atoms with Gasteiger partial charge in [-0.15, -0.1) is 0 Å². The summed E-state index contributed by atoms with van der Waals surface area (Å²) in [6.07, 6.45) is -5.78. The van der Waals surface area contributed by atoms with E-state index in [1.807, 2.05) is 0 Å². The van der Waals surface area contributed by atoms with Crippen molar-refractivity contribution in [3.8, 4) is 0 Å². The zero-order valence-electron chi connectivity index (χ0n) is 9.05. The minimum Gasteiger partial charge on any atom is -0.387 e. The average molecular weight is 233 g/mol. The SMILES string of the molecule is Cc1cccc(C(F)(F)F)c1[C@H](O)[C@@H](C)N. The fourth-order valence-electron chi connectivity index (χ4n) is 1.58. The van der Waals surface area contributed by atoms with E-state index in [-0.39, 0.29) is 5.56 Å². The van der Waals surface area contributed by atoms with Gasteiger partial charge in [0.1, 0.15) is 0 Å². The number of rotatable bonds is 2. The van der Waals surface area contributed by atoms with Gasteiger partial charge in [-0.1, -0.05) is 12.1 Å². The predicted octanol–water partition coefficient (Wildman–Crippen LogP) is 2.39. The maximum Gasteiger partial charge on any atom is 0.416 e. The molecule has 3 N–H and O–H groups in total. The predicted molar refractivity (Wildman–Crippen MR) is 54.8 cm³/mol. The van der Waals surface area contributed by atoms with Gasteiger partial charge < -0.3 is 10.8 Å². The fourth-order valence-corrected chi connectivity index (χ4v) is 1.58. The molecule has 0 aromatic heterocycles. The maximum atomic E-state index is 12.7. The molecular weight excluding hydrogens is 219 g/mol. The second-order valence-corrected chi connectivity index (χ2v) is 3.84. The van der Waals surface area contributed by atoms with E-state index in [9.17, 15) is 18.3 Å². The zero-order chi connectivity index (χ0) is 12.5. The molecule has 0 amide bonds. The van der Waals surface area contributed by atoms with E-state index in [0.29, 0.717) is 5.56 Å². The Morgan fingerprint density at radius 3 is 2.31 bits per heavy atom. The molecule has 90 valence electrons. The van der Waals surface area contributed by atoms with Gasteiger partial charge in [0.2, 0.25) is 0 Å². The van der Waals surface area contributed by atoms with Crippen LogP contribution in [0.3, 0.4) is 0 Å². The van der Waals surface area contributed by atoms with Crippen molar-refractivity contribution in [2.75, 3.05) is 0 Å². The Balaban J connectivity index is 3.35. The summed E-state index contributed by atoms with van der Waals surface area (Å²) in [5.41, 5.74) is 4.86. The Bertz CT molecular complexity index is 374. The van der Waals surface area contributed by atoms with Gasteiger partial charge in [0, 0.05) is 6.04 Å². The molecule has 2 nitrogen and oxygen atoms in total. The Labute approximate surface area is 91.9 Å². The maximum absolute atomic E-state index is 12.7. The molecule has 16 heavy (non-hydrogen) atoms. The van der Waals surface area contributed by atoms with E-state index in [1.54, 1.807) is 0 Å². The third kappa shape index (κ3) is 2.54. The van der Waals surface area contributed by atoms with Crippen LogP contribution in [0, 0.1) is 6.92 Å².